The van der Waals surface area contributed by atoms with E-state index in [1.807, 2.05) is 20.1 Å². The number of phenols is 1. The van der Waals surface area contributed by atoms with Gasteiger partial charge in [-0.25, -0.2) is 20.9 Å². The van der Waals surface area contributed by atoms with E-state index in [1.165, 1.54) is 19.1 Å². The van der Waals surface area contributed by atoms with Crippen LogP contribution in [0.5, 0.6) is 5.75 Å². The zero-order valence-electron chi connectivity index (χ0n) is 32.1. The second kappa shape index (κ2) is 22.0. The Hall–Kier alpha value is -3.74. The SMILES string of the molecule is CSCC[C@H]1C(=O)C(C(C)C(=O)[C@@H]2CCCN2N(N[C@@H](Cc2ccc(O)cc2)C(C)=O)[C@H](C=O)CCCN=C(N)N)N1N[C@@H](CC(C)C)C(=O)NCC=O. The van der Waals surface area contributed by atoms with Crippen molar-refractivity contribution < 1.29 is 33.9 Å². The Morgan fingerprint density at radius 1 is 1.13 bits per heavy atom. The lowest BCUT2D eigenvalue weighted by molar-refractivity contribution is -0.168. The molecule has 0 bridgehead atoms. The van der Waals surface area contributed by atoms with E-state index in [0.717, 1.165) is 11.8 Å². The third-order valence-corrected chi connectivity index (χ3v) is 10.5. The van der Waals surface area contributed by atoms with E-state index in [9.17, 15) is 33.9 Å². The minimum atomic E-state index is -0.845. The van der Waals surface area contributed by atoms with Crippen molar-refractivity contribution in [2.45, 2.75) is 109 Å². The Morgan fingerprint density at radius 2 is 1.83 bits per heavy atom. The van der Waals surface area contributed by atoms with Crippen molar-refractivity contribution >= 4 is 53.6 Å². The number of benzene rings is 1. The molecule has 1 aromatic rings. The van der Waals surface area contributed by atoms with Crippen LogP contribution in [0.3, 0.4) is 0 Å². The molecule has 3 rings (SSSR count). The first-order valence-corrected chi connectivity index (χ1v) is 20.1. The van der Waals surface area contributed by atoms with Crippen LogP contribution in [0.15, 0.2) is 29.3 Å². The van der Waals surface area contributed by atoms with E-state index in [1.54, 1.807) is 46.0 Å². The Kier molecular flexibility index (Phi) is 18.2. The van der Waals surface area contributed by atoms with Crippen LogP contribution in [0.2, 0.25) is 0 Å². The van der Waals surface area contributed by atoms with Crippen LogP contribution < -0.4 is 27.6 Å². The van der Waals surface area contributed by atoms with Gasteiger partial charge >= 0.3 is 0 Å². The van der Waals surface area contributed by atoms with Crippen LogP contribution in [0.4, 0.5) is 0 Å². The van der Waals surface area contributed by atoms with E-state index < -0.39 is 42.2 Å². The fourth-order valence-corrected chi connectivity index (χ4v) is 7.53. The molecule has 17 heteroatoms. The number of nitrogens with two attached hydrogens (primary N) is 2. The molecule has 0 radical (unpaired) electrons. The van der Waals surface area contributed by atoms with Crippen LogP contribution in [0.1, 0.15) is 71.8 Å². The van der Waals surface area contributed by atoms with Crippen molar-refractivity contribution in [2.75, 3.05) is 31.6 Å². The lowest BCUT2D eigenvalue weighted by atomic mass is 9.79. The van der Waals surface area contributed by atoms with Crippen molar-refractivity contribution in [2.24, 2.45) is 28.3 Å². The molecular formula is C37H59N9O7S. The van der Waals surface area contributed by atoms with Gasteiger partial charge in [0.25, 0.3) is 0 Å². The summed E-state index contributed by atoms with van der Waals surface area (Å²) >= 11 is 1.60. The Labute approximate surface area is 322 Å². The van der Waals surface area contributed by atoms with Crippen LogP contribution in [-0.2, 0) is 35.2 Å². The number of carbonyl (C=O) groups is 6. The molecule has 2 aliphatic heterocycles. The van der Waals surface area contributed by atoms with Crippen molar-refractivity contribution in [3.05, 3.63) is 29.8 Å². The fraction of sp³-hybridized carbons (Fsp3) is 0.649. The average Bonchev–Trinajstić information content (AvgIpc) is 3.62. The predicted molar refractivity (Wildman–Crippen MR) is 208 cm³/mol. The number of nitrogens with one attached hydrogen (secondary N) is 3. The van der Waals surface area contributed by atoms with Gasteiger partial charge in [-0.15, -0.1) is 0 Å². The third kappa shape index (κ3) is 12.4. The summed E-state index contributed by atoms with van der Waals surface area (Å²) in [6.45, 7) is 7.66. The monoisotopic (exact) mass is 773 g/mol. The van der Waals surface area contributed by atoms with Gasteiger partial charge in [-0.05, 0) is 87.5 Å². The summed E-state index contributed by atoms with van der Waals surface area (Å²) < 4.78 is 0. The number of nitrogens with zero attached hydrogens (tertiary/aromatic N) is 4. The van der Waals surface area contributed by atoms with Gasteiger partial charge in [-0.3, -0.25) is 24.2 Å². The van der Waals surface area contributed by atoms with E-state index in [0.29, 0.717) is 57.1 Å². The summed E-state index contributed by atoms with van der Waals surface area (Å²) in [5, 5.41) is 17.6. The number of aromatic hydroxyl groups is 1. The lowest BCUT2D eigenvalue weighted by Crippen LogP contribution is -2.75. The van der Waals surface area contributed by atoms with Gasteiger partial charge in [0, 0.05) is 19.0 Å². The van der Waals surface area contributed by atoms with Gasteiger partial charge in [-0.1, -0.05) is 32.9 Å². The molecule has 0 aliphatic carbocycles. The van der Waals surface area contributed by atoms with Crippen molar-refractivity contribution in [1.82, 2.24) is 31.3 Å². The normalized spacial score (nSPS) is 21.2. The highest BCUT2D eigenvalue weighted by molar-refractivity contribution is 7.98. The Morgan fingerprint density at radius 3 is 2.43 bits per heavy atom. The number of rotatable bonds is 25. The molecule has 2 saturated heterocycles. The summed E-state index contributed by atoms with van der Waals surface area (Å²) in [6, 6.07) is 2.08. The van der Waals surface area contributed by atoms with Gasteiger partial charge in [0.2, 0.25) is 5.91 Å². The van der Waals surface area contributed by atoms with Crippen molar-refractivity contribution in [3.8, 4) is 5.75 Å². The van der Waals surface area contributed by atoms with Crippen LogP contribution in [0, 0.1) is 11.8 Å². The second-order valence-corrected chi connectivity index (χ2v) is 15.4. The Balaban J connectivity index is 1.93. The van der Waals surface area contributed by atoms with E-state index in [-0.39, 0.29) is 60.4 Å². The highest BCUT2D eigenvalue weighted by atomic mass is 32.2. The summed E-state index contributed by atoms with van der Waals surface area (Å²) in [5.74, 6) is -0.819. The number of thioether (sulfide) groups is 1. The molecule has 7 atom stereocenters. The van der Waals surface area contributed by atoms with Gasteiger partial charge in [-0.2, -0.15) is 16.9 Å². The van der Waals surface area contributed by atoms with Gasteiger partial charge < -0.3 is 31.5 Å². The summed E-state index contributed by atoms with van der Waals surface area (Å²) in [6.07, 6.45) is 6.37. The molecule has 2 heterocycles. The number of aldehydes is 2. The minimum Gasteiger partial charge on any atom is -0.508 e. The number of Topliss-reactive ketones (excluding diaryl/α,β-unsaturated/α-hetero) is 3. The summed E-state index contributed by atoms with van der Waals surface area (Å²) in [7, 11) is 0. The zero-order chi connectivity index (χ0) is 39.9. The van der Waals surface area contributed by atoms with E-state index in [2.05, 4.69) is 21.2 Å². The number of hydrogen-bond donors (Lipinski definition) is 6. The molecule has 1 aromatic carbocycles. The van der Waals surface area contributed by atoms with E-state index >= 15 is 0 Å². The van der Waals surface area contributed by atoms with Crippen LogP contribution in [0.25, 0.3) is 0 Å². The van der Waals surface area contributed by atoms with Crippen molar-refractivity contribution in [3.63, 3.8) is 0 Å². The molecule has 54 heavy (non-hydrogen) atoms. The number of hydrazine groups is 3. The lowest BCUT2D eigenvalue weighted by Gasteiger charge is -2.51. The first-order valence-electron chi connectivity index (χ1n) is 18.7. The van der Waals surface area contributed by atoms with Gasteiger partial charge in [0.1, 0.15) is 30.1 Å². The number of carbonyl (C=O) groups excluding carboxylic acids is 6. The molecule has 0 saturated carbocycles. The highest BCUT2D eigenvalue weighted by Crippen LogP contribution is 2.33. The fourth-order valence-electron chi connectivity index (χ4n) is 7.07. The van der Waals surface area contributed by atoms with Crippen LogP contribution >= 0.6 is 11.8 Å². The molecule has 8 N–H and O–H groups in total. The van der Waals surface area contributed by atoms with E-state index in [4.69, 9.17) is 11.5 Å². The molecule has 0 spiro atoms. The number of phenolic OH excluding ortho intramolecular Hbond substituents is 1. The maximum atomic E-state index is 14.6. The number of amides is 1. The molecule has 2 aliphatic rings. The number of hydrogen-bond acceptors (Lipinski definition) is 14. The minimum absolute atomic E-state index is 0.0701. The zero-order valence-corrected chi connectivity index (χ0v) is 32.9. The quantitative estimate of drug-likeness (QED) is 0.0261. The molecule has 0 aromatic heterocycles. The maximum Gasteiger partial charge on any atom is 0.238 e. The summed E-state index contributed by atoms with van der Waals surface area (Å²) in [5.41, 5.74) is 18.4. The number of guanidine groups is 1. The van der Waals surface area contributed by atoms with Crippen molar-refractivity contribution in [1.29, 1.82) is 0 Å². The predicted octanol–water partition coefficient (Wildman–Crippen LogP) is 0.514. The molecule has 300 valence electrons. The average molecular weight is 774 g/mol. The summed E-state index contributed by atoms with van der Waals surface area (Å²) in [4.78, 5) is 82.4. The largest absolute Gasteiger partial charge is 0.508 e. The topological polar surface area (TPSA) is 233 Å². The standard InChI is InChI=1S/C37H59N9O7S/c1-23(2)20-30(36(53)40-16-18-47)42-45-32(14-19-54-5)35(52)33(45)24(3)34(51)31-9-7-17-44(31)46(27(22-48)8-6-15-41-37(38)39)43-29(25(4)49)21-26-10-12-28(50)13-11-26/h10-13,18,22-24,27,29-33,42-43,50H,6-9,14-17,19-21H2,1-5H3,(H,40,53)(H4,38,39,41)/t24?,27-,29-,30-,31-,32-,33?/m0/s1. The molecular weight excluding hydrogens is 715 g/mol. The smallest absolute Gasteiger partial charge is 0.238 e. The first-order chi connectivity index (χ1) is 25.7. The first kappa shape index (κ1) is 44.7. The molecule has 1 amide bonds. The number of aliphatic imine (C=N–C) groups is 1. The second-order valence-electron chi connectivity index (χ2n) is 14.4. The molecule has 16 nitrogen and oxygen atoms in total. The highest BCUT2D eigenvalue weighted by Gasteiger charge is 2.54. The molecule has 2 unspecified atom stereocenters. The molecule has 2 fully saturated rings. The number of ketones is 3. The van der Waals surface area contributed by atoms with Gasteiger partial charge in [0.15, 0.2) is 17.5 Å². The third-order valence-electron chi connectivity index (χ3n) is 9.87. The Bertz CT molecular complexity index is 1460. The van der Waals surface area contributed by atoms with Crippen LogP contribution in [-0.4, -0.2) is 130 Å². The maximum absolute atomic E-state index is 14.6. The van der Waals surface area contributed by atoms with Gasteiger partial charge in [0.05, 0.1) is 36.8 Å².